The summed E-state index contributed by atoms with van der Waals surface area (Å²) in [5, 5.41) is 3.64. The third-order valence-corrected chi connectivity index (χ3v) is 2.44. The largest absolute Gasteiger partial charge is 0.497 e. The lowest BCUT2D eigenvalue weighted by Gasteiger charge is -2.03. The summed E-state index contributed by atoms with van der Waals surface area (Å²) in [7, 11) is 1.59. The average Bonchev–Trinajstić information content (AvgIpc) is 2.83. The van der Waals surface area contributed by atoms with Crippen LogP contribution in [0.1, 0.15) is 17.3 Å². The summed E-state index contributed by atoms with van der Waals surface area (Å²) in [4.78, 5) is 15.5. The predicted octanol–water partition coefficient (Wildman–Crippen LogP) is 1.67. The zero-order valence-corrected chi connectivity index (χ0v) is 10.8. The number of carbonyl (C=O) groups excluding carboxylic acids is 1. The molecule has 19 heavy (non-hydrogen) atoms. The molecule has 0 bridgehead atoms. The van der Waals surface area contributed by atoms with Crippen LogP contribution in [0.4, 0.5) is 0 Å². The summed E-state index contributed by atoms with van der Waals surface area (Å²) in [5.41, 5.74) is 0.857. The van der Waals surface area contributed by atoms with Gasteiger partial charge in [0.1, 0.15) is 5.75 Å². The Morgan fingerprint density at radius 2 is 2.05 bits per heavy atom. The highest BCUT2D eigenvalue weighted by Gasteiger charge is 2.08. The Labute approximate surface area is 110 Å². The van der Waals surface area contributed by atoms with E-state index in [0.717, 1.165) is 11.3 Å². The van der Waals surface area contributed by atoms with Crippen molar-refractivity contribution in [3.05, 3.63) is 41.5 Å². The number of esters is 1. The van der Waals surface area contributed by atoms with Crippen molar-refractivity contribution in [1.29, 1.82) is 0 Å². The Morgan fingerprint density at radius 3 is 2.63 bits per heavy atom. The lowest BCUT2D eigenvalue weighted by Crippen LogP contribution is -2.08. The van der Waals surface area contributed by atoms with Crippen molar-refractivity contribution in [1.82, 2.24) is 10.1 Å². The fraction of sp³-hybridized carbons (Fsp3) is 0.308. The highest BCUT2D eigenvalue weighted by Crippen LogP contribution is 2.12. The van der Waals surface area contributed by atoms with Gasteiger partial charge in [-0.15, -0.1) is 0 Å². The Hall–Kier alpha value is -2.37. The van der Waals surface area contributed by atoms with E-state index in [1.54, 1.807) is 26.2 Å². The van der Waals surface area contributed by atoms with Crippen molar-refractivity contribution < 1.29 is 18.8 Å². The van der Waals surface area contributed by atoms with Gasteiger partial charge in [-0.25, -0.2) is 0 Å². The van der Waals surface area contributed by atoms with Crippen LogP contribution >= 0.6 is 0 Å². The van der Waals surface area contributed by atoms with E-state index in [-0.39, 0.29) is 19.0 Å². The molecule has 0 saturated carbocycles. The zero-order chi connectivity index (χ0) is 13.7. The maximum atomic E-state index is 11.6. The van der Waals surface area contributed by atoms with Crippen LogP contribution in [0.5, 0.6) is 5.75 Å². The quantitative estimate of drug-likeness (QED) is 0.763. The van der Waals surface area contributed by atoms with Gasteiger partial charge in [-0.3, -0.25) is 4.79 Å². The van der Waals surface area contributed by atoms with Crippen LogP contribution in [0.25, 0.3) is 0 Å². The first-order valence-electron chi connectivity index (χ1n) is 5.75. The molecule has 1 heterocycles. The maximum Gasteiger partial charge on any atom is 0.310 e. The number of rotatable bonds is 5. The van der Waals surface area contributed by atoms with Crippen LogP contribution in [0, 0.1) is 6.92 Å². The number of hydrogen-bond donors (Lipinski definition) is 0. The van der Waals surface area contributed by atoms with Gasteiger partial charge in [-0.2, -0.15) is 4.98 Å². The number of nitrogens with zero attached hydrogens (tertiary/aromatic N) is 2. The van der Waals surface area contributed by atoms with Gasteiger partial charge in [-0.1, -0.05) is 17.3 Å². The second-order valence-corrected chi connectivity index (χ2v) is 3.92. The number of hydrogen-bond acceptors (Lipinski definition) is 6. The number of carbonyl (C=O) groups is 1. The minimum absolute atomic E-state index is 0.0202. The van der Waals surface area contributed by atoms with Gasteiger partial charge in [0.15, 0.2) is 6.61 Å². The average molecular weight is 262 g/mol. The van der Waals surface area contributed by atoms with Gasteiger partial charge in [0, 0.05) is 6.92 Å². The summed E-state index contributed by atoms with van der Waals surface area (Å²) in [5.74, 6) is 1.22. The Kier molecular flexibility index (Phi) is 4.12. The van der Waals surface area contributed by atoms with Crippen LogP contribution < -0.4 is 4.74 Å². The van der Waals surface area contributed by atoms with Crippen molar-refractivity contribution in [2.75, 3.05) is 7.11 Å². The summed E-state index contributed by atoms with van der Waals surface area (Å²) < 4.78 is 14.9. The molecule has 100 valence electrons. The zero-order valence-electron chi connectivity index (χ0n) is 10.8. The van der Waals surface area contributed by atoms with E-state index in [2.05, 4.69) is 10.1 Å². The van der Waals surface area contributed by atoms with E-state index < -0.39 is 0 Å². The SMILES string of the molecule is COc1ccc(CC(=O)OCc2noc(C)n2)cc1. The molecule has 0 saturated heterocycles. The van der Waals surface area contributed by atoms with Gasteiger partial charge < -0.3 is 14.0 Å². The first kappa shape index (κ1) is 13.1. The molecule has 6 nitrogen and oxygen atoms in total. The second kappa shape index (κ2) is 5.99. The van der Waals surface area contributed by atoms with Gasteiger partial charge in [0.25, 0.3) is 0 Å². The van der Waals surface area contributed by atoms with Crippen LogP contribution in [0.3, 0.4) is 0 Å². The van der Waals surface area contributed by atoms with Gasteiger partial charge in [0.05, 0.1) is 13.5 Å². The Balaban J connectivity index is 1.83. The Bertz CT molecular complexity index is 548. The van der Waals surface area contributed by atoms with Crippen LogP contribution in [0.15, 0.2) is 28.8 Å². The molecule has 2 aromatic rings. The van der Waals surface area contributed by atoms with Crippen LogP contribution in [0.2, 0.25) is 0 Å². The van der Waals surface area contributed by atoms with E-state index in [1.165, 1.54) is 0 Å². The molecule has 0 unspecified atom stereocenters. The van der Waals surface area contributed by atoms with Crippen molar-refractivity contribution in [2.45, 2.75) is 20.0 Å². The maximum absolute atomic E-state index is 11.6. The number of aromatic nitrogens is 2. The minimum atomic E-state index is -0.340. The molecule has 1 aromatic carbocycles. The molecule has 0 radical (unpaired) electrons. The highest BCUT2D eigenvalue weighted by molar-refractivity contribution is 5.72. The third kappa shape index (κ3) is 3.80. The summed E-state index contributed by atoms with van der Waals surface area (Å²) >= 11 is 0. The fourth-order valence-corrected chi connectivity index (χ4v) is 1.51. The number of methoxy groups -OCH3 is 1. The topological polar surface area (TPSA) is 74.5 Å². The summed E-state index contributed by atoms with van der Waals surface area (Å²) in [6, 6.07) is 7.23. The predicted molar refractivity (Wildman–Crippen MR) is 65.5 cm³/mol. The van der Waals surface area contributed by atoms with Crippen molar-refractivity contribution in [3.63, 3.8) is 0 Å². The monoisotopic (exact) mass is 262 g/mol. The molecule has 0 fully saturated rings. The second-order valence-electron chi connectivity index (χ2n) is 3.92. The molecule has 0 atom stereocenters. The first-order chi connectivity index (χ1) is 9.17. The van der Waals surface area contributed by atoms with Crippen LogP contribution in [-0.2, 0) is 22.6 Å². The molecule has 1 aromatic heterocycles. The molecule has 6 heteroatoms. The highest BCUT2D eigenvalue weighted by atomic mass is 16.5. The van der Waals surface area contributed by atoms with Gasteiger partial charge >= 0.3 is 5.97 Å². The standard InChI is InChI=1S/C13H14N2O4/c1-9-14-12(15-19-9)8-18-13(16)7-10-3-5-11(17-2)6-4-10/h3-6H,7-8H2,1-2H3. The van der Waals surface area contributed by atoms with E-state index in [9.17, 15) is 4.79 Å². The lowest BCUT2D eigenvalue weighted by molar-refractivity contribution is -0.144. The van der Waals surface area contributed by atoms with E-state index in [4.69, 9.17) is 14.0 Å². The molecule has 0 aliphatic carbocycles. The molecule has 2 rings (SSSR count). The van der Waals surface area contributed by atoms with Gasteiger partial charge in [0.2, 0.25) is 11.7 Å². The van der Waals surface area contributed by atoms with Gasteiger partial charge in [-0.05, 0) is 17.7 Å². The van der Waals surface area contributed by atoms with E-state index in [0.29, 0.717) is 11.7 Å². The van der Waals surface area contributed by atoms with E-state index in [1.807, 2.05) is 12.1 Å². The fourth-order valence-electron chi connectivity index (χ4n) is 1.51. The molecular weight excluding hydrogens is 248 g/mol. The van der Waals surface area contributed by atoms with Crippen molar-refractivity contribution in [3.8, 4) is 5.75 Å². The van der Waals surface area contributed by atoms with Crippen molar-refractivity contribution >= 4 is 5.97 Å². The van der Waals surface area contributed by atoms with Crippen molar-refractivity contribution in [2.24, 2.45) is 0 Å². The first-order valence-corrected chi connectivity index (χ1v) is 5.75. The smallest absolute Gasteiger partial charge is 0.310 e. The summed E-state index contributed by atoms with van der Waals surface area (Å²) in [6.07, 6.45) is 0.195. The molecule has 0 N–H and O–H groups in total. The summed E-state index contributed by atoms with van der Waals surface area (Å²) in [6.45, 7) is 1.70. The number of benzene rings is 1. The number of ether oxygens (including phenoxy) is 2. The molecule has 0 aliphatic rings. The lowest BCUT2D eigenvalue weighted by atomic mass is 10.1. The molecule has 0 amide bonds. The van der Waals surface area contributed by atoms with E-state index >= 15 is 0 Å². The minimum Gasteiger partial charge on any atom is -0.497 e. The Morgan fingerprint density at radius 1 is 1.32 bits per heavy atom. The normalized spacial score (nSPS) is 10.2. The number of aryl methyl sites for hydroxylation is 1. The van der Waals surface area contributed by atoms with Crippen LogP contribution in [-0.4, -0.2) is 23.2 Å². The third-order valence-electron chi connectivity index (χ3n) is 2.44. The molecular formula is C13H14N2O4. The molecule has 0 spiro atoms. The molecule has 0 aliphatic heterocycles.